The minimum atomic E-state index is -1.13. The van der Waals surface area contributed by atoms with Crippen LogP contribution in [0.1, 0.15) is 30.2 Å². The van der Waals surface area contributed by atoms with Gasteiger partial charge in [0.15, 0.2) is 0 Å². The molecule has 7 nitrogen and oxygen atoms in total. The lowest BCUT2D eigenvalue weighted by molar-refractivity contribution is 0.0660. The van der Waals surface area contributed by atoms with Crippen LogP contribution in [0.5, 0.6) is 0 Å². The van der Waals surface area contributed by atoms with E-state index in [4.69, 9.17) is 9.52 Å². The van der Waals surface area contributed by atoms with E-state index in [0.717, 1.165) is 6.54 Å². The Bertz CT molecular complexity index is 482. The normalized spacial score (nSPS) is 12.5. The molecule has 0 saturated carbocycles. The fourth-order valence-corrected chi connectivity index (χ4v) is 1.79. The molecule has 0 aromatic carbocycles. The lowest BCUT2D eigenvalue weighted by Crippen LogP contribution is -2.48. The first-order chi connectivity index (χ1) is 9.79. The molecule has 1 aromatic heterocycles. The summed E-state index contributed by atoms with van der Waals surface area (Å²) in [5, 5.41) is 14.3. The minimum Gasteiger partial charge on any atom is -0.475 e. The first-order valence-electron chi connectivity index (χ1n) is 6.80. The van der Waals surface area contributed by atoms with E-state index in [-0.39, 0.29) is 24.4 Å². The Balaban J connectivity index is 2.46. The number of aromatic carboxylic acids is 1. The predicted octanol–water partition coefficient (Wildman–Crippen LogP) is 1.36. The van der Waals surface area contributed by atoms with Crippen molar-refractivity contribution in [1.82, 2.24) is 15.5 Å². The monoisotopic (exact) mass is 297 g/mol. The van der Waals surface area contributed by atoms with Crippen molar-refractivity contribution < 1.29 is 19.1 Å². The highest BCUT2D eigenvalue weighted by molar-refractivity contribution is 5.84. The van der Waals surface area contributed by atoms with Crippen LogP contribution in [0.25, 0.3) is 0 Å². The Morgan fingerprint density at radius 2 is 2.00 bits per heavy atom. The summed E-state index contributed by atoms with van der Waals surface area (Å²) >= 11 is 0. The number of rotatable bonds is 7. The largest absolute Gasteiger partial charge is 0.475 e. The first-order valence-corrected chi connectivity index (χ1v) is 6.80. The molecule has 1 rings (SSSR count). The average molecular weight is 297 g/mol. The van der Waals surface area contributed by atoms with Crippen LogP contribution in [0.15, 0.2) is 16.5 Å². The fraction of sp³-hybridized carbons (Fsp3) is 0.571. The number of carboxylic acids is 1. The van der Waals surface area contributed by atoms with Gasteiger partial charge in [0.05, 0.1) is 6.54 Å². The Labute approximate surface area is 124 Å². The van der Waals surface area contributed by atoms with Gasteiger partial charge in [-0.05, 0) is 32.1 Å². The number of carboxylic acid groups (broad SMARTS) is 1. The zero-order valence-electron chi connectivity index (χ0n) is 12.8. The van der Waals surface area contributed by atoms with Gasteiger partial charge in [-0.3, -0.25) is 0 Å². The molecule has 0 saturated heterocycles. The summed E-state index contributed by atoms with van der Waals surface area (Å²) in [6, 6.07) is 2.62. The van der Waals surface area contributed by atoms with Crippen LogP contribution in [-0.4, -0.2) is 48.7 Å². The van der Waals surface area contributed by atoms with Crippen LogP contribution in [0.2, 0.25) is 0 Å². The molecule has 2 amide bonds. The second-order valence-electron chi connectivity index (χ2n) is 5.51. The molecular weight excluding hydrogens is 274 g/mol. The highest BCUT2D eigenvalue weighted by Crippen LogP contribution is 2.07. The summed E-state index contributed by atoms with van der Waals surface area (Å²) in [6.07, 6.45) is 0. The summed E-state index contributed by atoms with van der Waals surface area (Å²) in [5.41, 5.74) is 0. The Hall–Kier alpha value is -2.02. The average Bonchev–Trinajstić information content (AvgIpc) is 2.83. The zero-order chi connectivity index (χ0) is 16.0. The molecule has 1 heterocycles. The van der Waals surface area contributed by atoms with Crippen LogP contribution in [-0.2, 0) is 6.54 Å². The van der Waals surface area contributed by atoms with Crippen molar-refractivity contribution in [2.24, 2.45) is 5.92 Å². The number of urea groups is 1. The number of carbonyl (C=O) groups excluding carboxylic acids is 1. The summed E-state index contributed by atoms with van der Waals surface area (Å²) in [7, 11) is 3.90. The SMILES string of the molecule is CC(C)C(CN(C)C)NC(=O)NCc1ccc(C(=O)O)o1. The third-order valence-corrected chi connectivity index (χ3v) is 2.98. The second-order valence-corrected chi connectivity index (χ2v) is 5.51. The van der Waals surface area contributed by atoms with Gasteiger partial charge in [0.25, 0.3) is 0 Å². The molecule has 0 spiro atoms. The Morgan fingerprint density at radius 1 is 1.33 bits per heavy atom. The third-order valence-electron chi connectivity index (χ3n) is 2.98. The van der Waals surface area contributed by atoms with E-state index >= 15 is 0 Å². The number of furan rings is 1. The molecule has 0 aliphatic rings. The molecule has 1 aromatic rings. The highest BCUT2D eigenvalue weighted by Gasteiger charge is 2.17. The van der Waals surface area contributed by atoms with E-state index in [9.17, 15) is 9.59 Å². The maximum absolute atomic E-state index is 11.9. The topological polar surface area (TPSA) is 94.8 Å². The van der Waals surface area contributed by atoms with Crippen LogP contribution in [0.4, 0.5) is 4.79 Å². The van der Waals surface area contributed by atoms with Gasteiger partial charge < -0.3 is 25.1 Å². The number of hydrogen-bond acceptors (Lipinski definition) is 4. The lowest BCUT2D eigenvalue weighted by Gasteiger charge is -2.25. The van der Waals surface area contributed by atoms with Gasteiger partial charge in [-0.25, -0.2) is 9.59 Å². The quantitative estimate of drug-likeness (QED) is 0.706. The number of nitrogens with zero attached hydrogens (tertiary/aromatic N) is 1. The minimum absolute atomic E-state index is 0.0335. The number of nitrogens with one attached hydrogen (secondary N) is 2. The van der Waals surface area contributed by atoms with E-state index in [0.29, 0.717) is 11.7 Å². The van der Waals surface area contributed by atoms with Gasteiger partial charge >= 0.3 is 12.0 Å². The molecule has 1 atom stereocenters. The Morgan fingerprint density at radius 3 is 2.48 bits per heavy atom. The van der Waals surface area contributed by atoms with Crippen molar-refractivity contribution in [3.05, 3.63) is 23.7 Å². The highest BCUT2D eigenvalue weighted by atomic mass is 16.4. The van der Waals surface area contributed by atoms with Gasteiger partial charge in [-0.2, -0.15) is 0 Å². The van der Waals surface area contributed by atoms with Crippen molar-refractivity contribution in [3.8, 4) is 0 Å². The molecular formula is C14H23N3O4. The molecule has 7 heteroatoms. The zero-order valence-corrected chi connectivity index (χ0v) is 12.8. The van der Waals surface area contributed by atoms with Gasteiger partial charge in [0.1, 0.15) is 5.76 Å². The van der Waals surface area contributed by atoms with Crippen molar-refractivity contribution in [2.75, 3.05) is 20.6 Å². The number of likely N-dealkylation sites (N-methyl/N-ethyl adjacent to an activating group) is 1. The van der Waals surface area contributed by atoms with E-state index < -0.39 is 5.97 Å². The molecule has 0 aliphatic carbocycles. The van der Waals surface area contributed by atoms with Crippen LogP contribution < -0.4 is 10.6 Å². The maximum atomic E-state index is 11.9. The van der Waals surface area contributed by atoms with Gasteiger partial charge in [0, 0.05) is 12.6 Å². The Kier molecular flexibility index (Phi) is 6.23. The van der Waals surface area contributed by atoms with Crippen LogP contribution in [0, 0.1) is 5.92 Å². The van der Waals surface area contributed by atoms with E-state index in [1.54, 1.807) is 0 Å². The summed E-state index contributed by atoms with van der Waals surface area (Å²) in [5.74, 6) is -0.562. The summed E-state index contributed by atoms with van der Waals surface area (Å²) in [6.45, 7) is 4.97. The maximum Gasteiger partial charge on any atom is 0.371 e. The summed E-state index contributed by atoms with van der Waals surface area (Å²) < 4.78 is 5.06. The van der Waals surface area contributed by atoms with E-state index in [2.05, 4.69) is 10.6 Å². The molecule has 0 radical (unpaired) electrons. The second kappa shape index (κ2) is 7.68. The number of carbonyl (C=O) groups is 2. The van der Waals surface area contributed by atoms with Crippen LogP contribution >= 0.6 is 0 Å². The first kappa shape index (κ1) is 17.0. The van der Waals surface area contributed by atoms with Crippen molar-refractivity contribution in [2.45, 2.75) is 26.4 Å². The van der Waals surface area contributed by atoms with Gasteiger partial charge in [-0.15, -0.1) is 0 Å². The van der Waals surface area contributed by atoms with Crippen molar-refractivity contribution in [3.63, 3.8) is 0 Å². The molecule has 0 fully saturated rings. The molecule has 0 aliphatic heterocycles. The predicted molar refractivity (Wildman–Crippen MR) is 78.2 cm³/mol. The number of amides is 2. The molecule has 118 valence electrons. The van der Waals surface area contributed by atoms with Crippen LogP contribution in [0.3, 0.4) is 0 Å². The lowest BCUT2D eigenvalue weighted by atomic mass is 10.0. The van der Waals surface area contributed by atoms with Gasteiger partial charge in [0.2, 0.25) is 5.76 Å². The van der Waals surface area contributed by atoms with Crippen molar-refractivity contribution in [1.29, 1.82) is 0 Å². The van der Waals surface area contributed by atoms with Gasteiger partial charge in [-0.1, -0.05) is 13.8 Å². The molecule has 3 N–H and O–H groups in total. The fourth-order valence-electron chi connectivity index (χ4n) is 1.79. The molecule has 1 unspecified atom stereocenters. The third kappa shape index (κ3) is 5.86. The summed E-state index contributed by atoms with van der Waals surface area (Å²) in [4.78, 5) is 24.5. The standard InChI is InChI=1S/C14H23N3O4/c1-9(2)11(8-17(3)4)16-14(20)15-7-10-5-6-12(21-10)13(18)19/h5-6,9,11H,7-8H2,1-4H3,(H,18,19)(H2,15,16,20). The van der Waals surface area contributed by atoms with Crippen molar-refractivity contribution >= 4 is 12.0 Å². The molecule has 0 bridgehead atoms. The smallest absolute Gasteiger partial charge is 0.371 e. The number of hydrogen-bond donors (Lipinski definition) is 3. The molecule has 21 heavy (non-hydrogen) atoms. The van der Waals surface area contributed by atoms with E-state index in [1.165, 1.54) is 12.1 Å². The van der Waals surface area contributed by atoms with E-state index in [1.807, 2.05) is 32.8 Å².